The van der Waals surface area contributed by atoms with Crippen LogP contribution >= 0.6 is 0 Å². The van der Waals surface area contributed by atoms with Gasteiger partial charge in [-0.25, -0.2) is 0 Å². The summed E-state index contributed by atoms with van der Waals surface area (Å²) in [4.78, 5) is 2.51. The molecule has 0 spiro atoms. The first-order chi connectivity index (χ1) is 8.67. The Morgan fingerprint density at radius 2 is 2.28 bits per heavy atom. The molecule has 2 N–H and O–H groups in total. The zero-order valence-corrected chi connectivity index (χ0v) is 11.6. The summed E-state index contributed by atoms with van der Waals surface area (Å²) in [5, 5.41) is 0. The molecule has 0 bridgehead atoms. The fourth-order valence-electron chi connectivity index (χ4n) is 2.98. The molecule has 1 heterocycles. The average Bonchev–Trinajstić information content (AvgIpc) is 2.86. The molecular weight excluding hydrogens is 224 g/mol. The molecule has 1 aromatic rings. The molecule has 1 saturated heterocycles. The van der Waals surface area contributed by atoms with Crippen LogP contribution in [0.1, 0.15) is 36.9 Å². The van der Waals surface area contributed by atoms with Crippen LogP contribution in [-0.2, 0) is 0 Å². The minimum atomic E-state index is 0.371. The highest BCUT2D eigenvalue weighted by molar-refractivity contribution is 5.39. The van der Waals surface area contributed by atoms with Crippen molar-refractivity contribution in [2.75, 3.05) is 20.2 Å². The van der Waals surface area contributed by atoms with E-state index in [-0.39, 0.29) is 0 Å². The van der Waals surface area contributed by atoms with Gasteiger partial charge in [-0.05, 0) is 39.3 Å². The van der Waals surface area contributed by atoms with E-state index < -0.39 is 0 Å². The van der Waals surface area contributed by atoms with Crippen molar-refractivity contribution in [3.63, 3.8) is 0 Å². The van der Waals surface area contributed by atoms with E-state index in [1.54, 1.807) is 7.11 Å². The first kappa shape index (κ1) is 13.4. The molecule has 0 radical (unpaired) electrons. The number of benzene rings is 1. The molecule has 100 valence electrons. The number of hydrogen-bond donors (Lipinski definition) is 1. The molecule has 2 unspecified atom stereocenters. The lowest BCUT2D eigenvalue weighted by molar-refractivity contribution is 0.193. The monoisotopic (exact) mass is 248 g/mol. The Balaban J connectivity index is 2.27. The first-order valence-corrected chi connectivity index (χ1v) is 6.77. The standard InChI is InChI=1S/C15H24N2O/c1-11-6-7-15(18-3)14(9-11)12(2)17-8-4-5-13(17)10-16/h6-7,9,12-13H,4-5,8,10,16H2,1-3H3. The Morgan fingerprint density at radius 1 is 1.50 bits per heavy atom. The second-order valence-electron chi connectivity index (χ2n) is 5.19. The van der Waals surface area contributed by atoms with E-state index in [0.29, 0.717) is 12.1 Å². The lowest BCUT2D eigenvalue weighted by Gasteiger charge is -2.31. The molecular formula is C15H24N2O. The molecule has 18 heavy (non-hydrogen) atoms. The predicted molar refractivity (Wildman–Crippen MR) is 74.9 cm³/mol. The van der Waals surface area contributed by atoms with Gasteiger partial charge in [0, 0.05) is 24.2 Å². The minimum absolute atomic E-state index is 0.371. The number of aryl methyl sites for hydroxylation is 1. The number of nitrogens with two attached hydrogens (primary N) is 1. The molecule has 2 rings (SSSR count). The number of likely N-dealkylation sites (tertiary alicyclic amines) is 1. The normalized spacial score (nSPS) is 22.1. The summed E-state index contributed by atoms with van der Waals surface area (Å²) >= 11 is 0. The van der Waals surface area contributed by atoms with Gasteiger partial charge in [-0.15, -0.1) is 0 Å². The third kappa shape index (κ3) is 2.52. The lowest BCUT2D eigenvalue weighted by atomic mass is 10.0. The largest absolute Gasteiger partial charge is 0.496 e. The van der Waals surface area contributed by atoms with Crippen LogP contribution in [0.5, 0.6) is 5.75 Å². The van der Waals surface area contributed by atoms with E-state index in [2.05, 4.69) is 36.9 Å². The van der Waals surface area contributed by atoms with Gasteiger partial charge in [-0.3, -0.25) is 4.90 Å². The second kappa shape index (κ2) is 5.72. The zero-order chi connectivity index (χ0) is 13.1. The SMILES string of the molecule is COc1ccc(C)cc1C(C)N1CCCC1CN. The van der Waals surface area contributed by atoms with E-state index in [9.17, 15) is 0 Å². The molecule has 3 heteroatoms. The molecule has 1 aliphatic heterocycles. The van der Waals surface area contributed by atoms with E-state index in [1.165, 1.54) is 24.0 Å². The van der Waals surface area contributed by atoms with Crippen LogP contribution in [0.15, 0.2) is 18.2 Å². The quantitative estimate of drug-likeness (QED) is 0.889. The molecule has 0 aliphatic carbocycles. The van der Waals surface area contributed by atoms with Gasteiger partial charge in [0.05, 0.1) is 7.11 Å². The van der Waals surface area contributed by atoms with Gasteiger partial charge in [0.15, 0.2) is 0 Å². The maximum atomic E-state index is 5.87. The van der Waals surface area contributed by atoms with E-state index in [1.807, 2.05) is 0 Å². The number of nitrogens with zero attached hydrogens (tertiary/aromatic N) is 1. The van der Waals surface area contributed by atoms with Gasteiger partial charge in [0.2, 0.25) is 0 Å². The third-order valence-corrected chi connectivity index (χ3v) is 4.03. The topological polar surface area (TPSA) is 38.5 Å². The Morgan fingerprint density at radius 3 is 2.94 bits per heavy atom. The Kier molecular flexibility index (Phi) is 4.25. The summed E-state index contributed by atoms with van der Waals surface area (Å²) in [6, 6.07) is 7.28. The predicted octanol–water partition coefficient (Wildman–Crippen LogP) is 2.49. The van der Waals surface area contributed by atoms with E-state index in [4.69, 9.17) is 10.5 Å². The summed E-state index contributed by atoms with van der Waals surface area (Å²) in [6.07, 6.45) is 2.47. The fraction of sp³-hybridized carbons (Fsp3) is 0.600. The molecule has 3 nitrogen and oxygen atoms in total. The lowest BCUT2D eigenvalue weighted by Crippen LogP contribution is -2.37. The van der Waals surface area contributed by atoms with E-state index in [0.717, 1.165) is 18.8 Å². The van der Waals surface area contributed by atoms with Crippen LogP contribution in [0.3, 0.4) is 0 Å². The van der Waals surface area contributed by atoms with Crippen LogP contribution in [-0.4, -0.2) is 31.1 Å². The number of rotatable bonds is 4. The highest BCUT2D eigenvalue weighted by Gasteiger charge is 2.29. The van der Waals surface area contributed by atoms with Gasteiger partial charge in [-0.1, -0.05) is 17.7 Å². The van der Waals surface area contributed by atoms with Gasteiger partial charge in [0.25, 0.3) is 0 Å². The van der Waals surface area contributed by atoms with Gasteiger partial charge >= 0.3 is 0 Å². The summed E-state index contributed by atoms with van der Waals surface area (Å²) in [7, 11) is 1.74. The van der Waals surface area contributed by atoms with Gasteiger partial charge < -0.3 is 10.5 Å². The zero-order valence-electron chi connectivity index (χ0n) is 11.6. The summed E-state index contributed by atoms with van der Waals surface area (Å²) < 4.78 is 5.49. The Labute approximate surface area is 110 Å². The smallest absolute Gasteiger partial charge is 0.123 e. The summed E-state index contributed by atoms with van der Waals surface area (Å²) in [5.41, 5.74) is 8.42. The number of methoxy groups -OCH3 is 1. The molecule has 2 atom stereocenters. The summed E-state index contributed by atoms with van der Waals surface area (Å²) in [6.45, 7) is 6.27. The third-order valence-electron chi connectivity index (χ3n) is 4.03. The van der Waals surface area contributed by atoms with Gasteiger partial charge in [0.1, 0.15) is 5.75 Å². The Hall–Kier alpha value is -1.06. The van der Waals surface area contributed by atoms with Crippen molar-refractivity contribution in [2.24, 2.45) is 5.73 Å². The maximum absolute atomic E-state index is 5.87. The Bertz CT molecular complexity index is 405. The molecule has 0 saturated carbocycles. The average molecular weight is 248 g/mol. The van der Waals surface area contributed by atoms with Crippen LogP contribution in [0, 0.1) is 6.92 Å². The van der Waals surface area contributed by atoms with Crippen molar-refractivity contribution in [3.05, 3.63) is 29.3 Å². The summed E-state index contributed by atoms with van der Waals surface area (Å²) in [5.74, 6) is 0.982. The van der Waals surface area contributed by atoms with Crippen molar-refractivity contribution in [1.82, 2.24) is 4.90 Å². The van der Waals surface area contributed by atoms with Crippen molar-refractivity contribution >= 4 is 0 Å². The van der Waals surface area contributed by atoms with Crippen molar-refractivity contribution in [2.45, 2.75) is 38.8 Å². The second-order valence-corrected chi connectivity index (χ2v) is 5.19. The van der Waals surface area contributed by atoms with Crippen molar-refractivity contribution < 1.29 is 4.74 Å². The first-order valence-electron chi connectivity index (χ1n) is 6.77. The van der Waals surface area contributed by atoms with Crippen LogP contribution in [0.25, 0.3) is 0 Å². The molecule has 1 aromatic carbocycles. The molecule has 1 aliphatic rings. The fourth-order valence-corrected chi connectivity index (χ4v) is 2.98. The molecule has 0 amide bonds. The van der Waals surface area contributed by atoms with Gasteiger partial charge in [-0.2, -0.15) is 0 Å². The van der Waals surface area contributed by atoms with E-state index >= 15 is 0 Å². The molecule has 0 aromatic heterocycles. The molecule has 1 fully saturated rings. The number of hydrogen-bond acceptors (Lipinski definition) is 3. The van der Waals surface area contributed by atoms with Crippen LogP contribution in [0.2, 0.25) is 0 Å². The van der Waals surface area contributed by atoms with Crippen molar-refractivity contribution in [1.29, 1.82) is 0 Å². The van der Waals surface area contributed by atoms with Crippen LogP contribution in [0.4, 0.5) is 0 Å². The van der Waals surface area contributed by atoms with Crippen LogP contribution < -0.4 is 10.5 Å². The number of ether oxygens (including phenoxy) is 1. The highest BCUT2D eigenvalue weighted by Crippen LogP contribution is 2.34. The van der Waals surface area contributed by atoms with Crippen molar-refractivity contribution in [3.8, 4) is 5.75 Å². The highest BCUT2D eigenvalue weighted by atomic mass is 16.5. The maximum Gasteiger partial charge on any atom is 0.123 e. The minimum Gasteiger partial charge on any atom is -0.496 e.